The van der Waals surface area contributed by atoms with Gasteiger partial charge in [0.15, 0.2) is 0 Å². The van der Waals surface area contributed by atoms with Crippen LogP contribution >= 0.6 is 0 Å². The average Bonchev–Trinajstić information content (AvgIpc) is 2.78. The minimum atomic E-state index is -0.378. The van der Waals surface area contributed by atoms with E-state index in [4.69, 9.17) is 5.73 Å². The molecule has 3 heterocycles. The van der Waals surface area contributed by atoms with E-state index in [9.17, 15) is 9.18 Å². The summed E-state index contributed by atoms with van der Waals surface area (Å²) in [6.45, 7) is 5.29. The molecule has 7 heteroatoms. The van der Waals surface area contributed by atoms with Crippen molar-refractivity contribution in [2.75, 3.05) is 16.8 Å². The van der Waals surface area contributed by atoms with Gasteiger partial charge in [0.1, 0.15) is 5.82 Å². The molecular formula is C26H30FN5O. The Balaban J connectivity index is 1.45. The second-order valence-electron chi connectivity index (χ2n) is 9.70. The Morgan fingerprint density at radius 2 is 2.03 bits per heavy atom. The molecule has 3 N–H and O–H groups in total. The van der Waals surface area contributed by atoms with Crippen LogP contribution < -0.4 is 16.0 Å². The highest BCUT2D eigenvalue weighted by molar-refractivity contribution is 6.12. The van der Waals surface area contributed by atoms with Gasteiger partial charge in [0, 0.05) is 30.2 Å². The highest BCUT2D eigenvalue weighted by Crippen LogP contribution is 2.38. The number of rotatable bonds is 4. The zero-order valence-electron chi connectivity index (χ0n) is 19.1. The van der Waals surface area contributed by atoms with Gasteiger partial charge in [-0.25, -0.2) is 4.39 Å². The SMILES string of the molecule is CC1CCN1c1cnc2c(C(=O)Nc3cnccc3[C@@H]3C[C@H](C)C[C@H](N)C3)ccc(F)c2c1. The van der Waals surface area contributed by atoms with Crippen LogP contribution in [0.2, 0.25) is 0 Å². The van der Waals surface area contributed by atoms with Crippen LogP contribution in [0.4, 0.5) is 15.8 Å². The monoisotopic (exact) mass is 447 g/mol. The fraction of sp³-hybridized carbons (Fsp3) is 0.423. The maximum atomic E-state index is 14.7. The number of nitrogens with two attached hydrogens (primary N) is 1. The number of fused-ring (bicyclic) bond motifs is 1. The first-order chi connectivity index (χ1) is 15.9. The Kier molecular flexibility index (Phi) is 5.74. The molecule has 172 valence electrons. The van der Waals surface area contributed by atoms with E-state index in [1.807, 2.05) is 6.07 Å². The summed E-state index contributed by atoms with van der Waals surface area (Å²) >= 11 is 0. The third kappa shape index (κ3) is 4.17. The highest BCUT2D eigenvalue weighted by Gasteiger charge is 2.28. The van der Waals surface area contributed by atoms with Crippen LogP contribution in [0, 0.1) is 11.7 Å². The topological polar surface area (TPSA) is 84.1 Å². The minimum absolute atomic E-state index is 0.157. The number of anilines is 2. The predicted octanol–water partition coefficient (Wildman–Crippen LogP) is 4.85. The molecule has 1 saturated heterocycles. The maximum Gasteiger partial charge on any atom is 0.257 e. The molecule has 1 aromatic carbocycles. The van der Waals surface area contributed by atoms with Crippen molar-refractivity contribution in [1.29, 1.82) is 0 Å². The van der Waals surface area contributed by atoms with Gasteiger partial charge in [0.2, 0.25) is 0 Å². The molecule has 0 radical (unpaired) electrons. The number of carbonyl (C=O) groups excluding carboxylic acids is 1. The molecule has 5 rings (SSSR count). The lowest BCUT2D eigenvalue weighted by molar-refractivity contribution is 0.102. The normalized spacial score (nSPS) is 25.0. The molecule has 1 amide bonds. The lowest BCUT2D eigenvalue weighted by atomic mass is 9.76. The van der Waals surface area contributed by atoms with E-state index in [2.05, 4.69) is 34.0 Å². The molecule has 1 unspecified atom stereocenters. The molecule has 1 saturated carbocycles. The second kappa shape index (κ2) is 8.71. The number of nitrogens with zero attached hydrogens (tertiary/aromatic N) is 3. The van der Waals surface area contributed by atoms with Crippen LogP contribution in [-0.2, 0) is 0 Å². The quantitative estimate of drug-likeness (QED) is 0.597. The lowest BCUT2D eigenvalue weighted by Gasteiger charge is -2.40. The van der Waals surface area contributed by atoms with Crippen LogP contribution in [0.3, 0.4) is 0 Å². The largest absolute Gasteiger partial charge is 0.367 e. The fourth-order valence-electron chi connectivity index (χ4n) is 5.38. The zero-order chi connectivity index (χ0) is 23.1. The van der Waals surface area contributed by atoms with Gasteiger partial charge >= 0.3 is 0 Å². The Bertz CT molecular complexity index is 1190. The molecule has 2 fully saturated rings. The van der Waals surface area contributed by atoms with Gasteiger partial charge in [0.25, 0.3) is 5.91 Å². The first-order valence-corrected chi connectivity index (χ1v) is 11.8. The van der Waals surface area contributed by atoms with Gasteiger partial charge in [-0.3, -0.25) is 14.8 Å². The Morgan fingerprint density at radius 3 is 2.76 bits per heavy atom. The van der Waals surface area contributed by atoms with Crippen molar-refractivity contribution in [3.05, 3.63) is 59.8 Å². The molecule has 0 bridgehead atoms. The van der Waals surface area contributed by atoms with Crippen molar-refractivity contribution in [2.45, 2.75) is 57.5 Å². The van der Waals surface area contributed by atoms with E-state index >= 15 is 0 Å². The number of nitrogens with one attached hydrogen (secondary N) is 1. The number of hydrogen-bond acceptors (Lipinski definition) is 5. The third-order valence-electron chi connectivity index (χ3n) is 7.20. The lowest BCUT2D eigenvalue weighted by Crippen LogP contribution is -2.45. The van der Waals surface area contributed by atoms with Crippen molar-refractivity contribution >= 4 is 28.2 Å². The van der Waals surface area contributed by atoms with Crippen molar-refractivity contribution < 1.29 is 9.18 Å². The molecule has 2 aromatic heterocycles. The standard InChI is InChI=1S/C26H30FN5O/c1-15-9-17(11-18(28)10-15)20-5-7-29-14-24(20)31-26(33)21-3-4-23(27)22-12-19(13-30-25(21)22)32-8-6-16(32)2/h3-5,7,12-18H,6,8-11,28H2,1-2H3,(H,31,33)/t15-,16?,17+,18-/m0/s1. The molecule has 1 aliphatic carbocycles. The number of halogens is 1. The van der Waals surface area contributed by atoms with Crippen LogP contribution in [0.15, 0.2) is 42.9 Å². The molecule has 0 spiro atoms. The van der Waals surface area contributed by atoms with Crippen molar-refractivity contribution in [2.24, 2.45) is 11.7 Å². The number of carbonyl (C=O) groups is 1. The third-order valence-corrected chi connectivity index (χ3v) is 7.20. The minimum Gasteiger partial charge on any atom is -0.367 e. The van der Waals surface area contributed by atoms with E-state index in [0.29, 0.717) is 34.1 Å². The molecule has 1 aliphatic heterocycles. The Labute approximate surface area is 193 Å². The summed E-state index contributed by atoms with van der Waals surface area (Å²) in [5, 5.41) is 3.38. The molecule has 3 aromatic rings. The van der Waals surface area contributed by atoms with E-state index in [0.717, 1.165) is 43.5 Å². The van der Waals surface area contributed by atoms with Gasteiger partial charge in [-0.05, 0) is 74.3 Å². The molecule has 2 aliphatic rings. The number of aromatic nitrogens is 2. The summed E-state index contributed by atoms with van der Waals surface area (Å²) in [6.07, 6.45) is 9.21. The van der Waals surface area contributed by atoms with E-state index < -0.39 is 0 Å². The van der Waals surface area contributed by atoms with Crippen molar-refractivity contribution in [3.63, 3.8) is 0 Å². The summed E-state index contributed by atoms with van der Waals surface area (Å²) in [6, 6.07) is 7.17. The van der Waals surface area contributed by atoms with Gasteiger partial charge in [-0.1, -0.05) is 6.92 Å². The van der Waals surface area contributed by atoms with Crippen LogP contribution in [-0.4, -0.2) is 34.5 Å². The summed E-state index contributed by atoms with van der Waals surface area (Å²) < 4.78 is 14.7. The number of hydrogen-bond donors (Lipinski definition) is 2. The average molecular weight is 448 g/mol. The summed E-state index contributed by atoms with van der Waals surface area (Å²) in [5.41, 5.74) is 9.60. The first kappa shape index (κ1) is 21.8. The van der Waals surface area contributed by atoms with Crippen molar-refractivity contribution in [1.82, 2.24) is 9.97 Å². The maximum absolute atomic E-state index is 14.7. The Hall–Kier alpha value is -3.06. The molecule has 4 atom stereocenters. The molecular weight excluding hydrogens is 417 g/mol. The van der Waals surface area contributed by atoms with E-state index in [1.165, 1.54) is 12.1 Å². The summed E-state index contributed by atoms with van der Waals surface area (Å²) in [4.78, 5) is 24.2. The van der Waals surface area contributed by atoms with Crippen LogP contribution in [0.5, 0.6) is 0 Å². The molecule has 6 nitrogen and oxygen atoms in total. The predicted molar refractivity (Wildman–Crippen MR) is 129 cm³/mol. The second-order valence-corrected chi connectivity index (χ2v) is 9.70. The highest BCUT2D eigenvalue weighted by atomic mass is 19.1. The number of pyridine rings is 2. The van der Waals surface area contributed by atoms with Gasteiger partial charge < -0.3 is 16.0 Å². The zero-order valence-corrected chi connectivity index (χ0v) is 19.1. The smallest absolute Gasteiger partial charge is 0.257 e. The van der Waals surface area contributed by atoms with Crippen molar-refractivity contribution in [3.8, 4) is 0 Å². The van der Waals surface area contributed by atoms with Crippen LogP contribution in [0.25, 0.3) is 10.9 Å². The number of benzene rings is 1. The van der Waals surface area contributed by atoms with E-state index in [1.54, 1.807) is 24.7 Å². The first-order valence-electron chi connectivity index (χ1n) is 11.8. The summed E-state index contributed by atoms with van der Waals surface area (Å²) in [7, 11) is 0. The summed E-state index contributed by atoms with van der Waals surface area (Å²) in [5.74, 6) is 0.103. The van der Waals surface area contributed by atoms with Crippen LogP contribution in [0.1, 0.15) is 61.4 Å². The van der Waals surface area contributed by atoms with E-state index in [-0.39, 0.29) is 23.7 Å². The molecule has 33 heavy (non-hydrogen) atoms. The Morgan fingerprint density at radius 1 is 1.18 bits per heavy atom. The number of amides is 1. The van der Waals surface area contributed by atoms with Gasteiger partial charge in [-0.2, -0.15) is 0 Å². The van der Waals surface area contributed by atoms with Gasteiger partial charge in [-0.15, -0.1) is 0 Å². The van der Waals surface area contributed by atoms with Gasteiger partial charge in [0.05, 0.1) is 34.8 Å². The fourth-order valence-corrected chi connectivity index (χ4v) is 5.38.